The van der Waals surface area contributed by atoms with Gasteiger partial charge in [-0.05, 0) is 29.3 Å². The molecule has 0 unspecified atom stereocenters. The van der Waals surface area contributed by atoms with Gasteiger partial charge in [-0.2, -0.15) is 0 Å². The molecule has 0 bridgehead atoms. The second-order valence-corrected chi connectivity index (χ2v) is 3.66. The van der Waals surface area contributed by atoms with E-state index in [1.807, 2.05) is 0 Å². The van der Waals surface area contributed by atoms with Crippen molar-refractivity contribution in [2.24, 2.45) is 0 Å². The molecule has 0 aliphatic carbocycles. The number of pyridine rings is 1. The highest BCUT2D eigenvalue weighted by molar-refractivity contribution is 6.17. The second-order valence-electron chi connectivity index (χ2n) is 3.39. The zero-order valence-corrected chi connectivity index (χ0v) is 9.09. The minimum absolute atomic E-state index is 0.208. The average molecular weight is 238 g/mol. The van der Waals surface area contributed by atoms with Crippen LogP contribution in [0.2, 0.25) is 0 Å². The smallest absolute Gasteiger partial charge is 0.255 e. The van der Waals surface area contributed by atoms with Crippen LogP contribution in [-0.2, 0) is 5.88 Å². The number of hydrogen-bond donors (Lipinski definition) is 1. The summed E-state index contributed by atoms with van der Waals surface area (Å²) < 4.78 is 12.7. The number of aromatic nitrogens is 1. The lowest BCUT2D eigenvalue weighted by Crippen LogP contribution is -2.08. The van der Waals surface area contributed by atoms with Crippen molar-refractivity contribution in [3.63, 3.8) is 0 Å². The molecule has 0 aliphatic heterocycles. The molecule has 16 heavy (non-hydrogen) atoms. The highest BCUT2D eigenvalue weighted by atomic mass is 35.5. The molecule has 0 spiro atoms. The van der Waals surface area contributed by atoms with E-state index in [1.165, 1.54) is 12.1 Å². The minimum Gasteiger partial charge on any atom is -0.328 e. The zero-order chi connectivity index (χ0) is 11.5. The fourth-order valence-corrected chi connectivity index (χ4v) is 1.60. The van der Waals surface area contributed by atoms with Crippen LogP contribution in [0.5, 0.6) is 0 Å². The lowest BCUT2D eigenvalue weighted by Gasteiger charge is -2.02. The number of hydrogen-bond acceptors (Lipinski definition) is 1. The van der Waals surface area contributed by atoms with Gasteiger partial charge in [-0.3, -0.25) is 4.79 Å². The molecule has 0 amide bonds. The molecular weight excluding hydrogens is 229 g/mol. The predicted octanol–water partition coefficient (Wildman–Crippen LogP) is 2.92. The van der Waals surface area contributed by atoms with E-state index < -0.39 is 0 Å². The van der Waals surface area contributed by atoms with Gasteiger partial charge in [0.25, 0.3) is 5.56 Å². The van der Waals surface area contributed by atoms with Crippen LogP contribution in [0.1, 0.15) is 5.56 Å². The maximum Gasteiger partial charge on any atom is 0.255 e. The van der Waals surface area contributed by atoms with Crippen LogP contribution in [-0.4, -0.2) is 4.98 Å². The molecule has 1 aromatic carbocycles. The summed E-state index contributed by atoms with van der Waals surface area (Å²) >= 11 is 5.68. The summed E-state index contributed by atoms with van der Waals surface area (Å²) in [7, 11) is 0. The molecular formula is C12H9ClFNO. The van der Waals surface area contributed by atoms with Crippen LogP contribution in [0.3, 0.4) is 0 Å². The first-order chi connectivity index (χ1) is 7.70. The van der Waals surface area contributed by atoms with Crippen molar-refractivity contribution in [1.82, 2.24) is 4.98 Å². The van der Waals surface area contributed by atoms with Crippen molar-refractivity contribution >= 4 is 11.6 Å². The van der Waals surface area contributed by atoms with Crippen LogP contribution >= 0.6 is 11.6 Å². The largest absolute Gasteiger partial charge is 0.328 e. The highest BCUT2D eigenvalue weighted by Crippen LogP contribution is 2.17. The Morgan fingerprint density at radius 1 is 1.25 bits per heavy atom. The van der Waals surface area contributed by atoms with Gasteiger partial charge in [0.2, 0.25) is 0 Å². The molecule has 1 heterocycles. The minimum atomic E-state index is -0.325. The monoisotopic (exact) mass is 237 g/mol. The van der Waals surface area contributed by atoms with Crippen LogP contribution in [0, 0.1) is 5.82 Å². The van der Waals surface area contributed by atoms with Gasteiger partial charge in [0, 0.05) is 17.6 Å². The fraction of sp³-hybridized carbons (Fsp3) is 0.0833. The van der Waals surface area contributed by atoms with Gasteiger partial charge < -0.3 is 4.98 Å². The second kappa shape index (κ2) is 4.49. The van der Waals surface area contributed by atoms with Gasteiger partial charge in [-0.15, -0.1) is 11.6 Å². The molecule has 2 nitrogen and oxygen atoms in total. The Kier molecular flexibility index (Phi) is 3.06. The maximum absolute atomic E-state index is 12.7. The van der Waals surface area contributed by atoms with Crippen LogP contribution in [0.15, 0.2) is 41.3 Å². The van der Waals surface area contributed by atoms with E-state index in [-0.39, 0.29) is 11.4 Å². The van der Waals surface area contributed by atoms with E-state index >= 15 is 0 Å². The van der Waals surface area contributed by atoms with Gasteiger partial charge in [0.1, 0.15) is 5.82 Å². The first-order valence-corrected chi connectivity index (χ1v) is 5.27. The van der Waals surface area contributed by atoms with Crippen molar-refractivity contribution < 1.29 is 4.39 Å². The zero-order valence-electron chi connectivity index (χ0n) is 8.34. The Morgan fingerprint density at radius 2 is 1.94 bits per heavy atom. The third-order valence-electron chi connectivity index (χ3n) is 2.27. The third kappa shape index (κ3) is 2.14. The molecule has 0 radical (unpaired) electrons. The Hall–Kier alpha value is -1.61. The van der Waals surface area contributed by atoms with Crippen molar-refractivity contribution in [2.75, 3.05) is 0 Å². The molecule has 0 saturated carbocycles. The first-order valence-electron chi connectivity index (χ1n) is 4.74. The summed E-state index contributed by atoms with van der Waals surface area (Å²) in [6.07, 6.45) is 1.57. The number of aromatic amines is 1. The van der Waals surface area contributed by atoms with Gasteiger partial charge >= 0.3 is 0 Å². The molecule has 82 valence electrons. The van der Waals surface area contributed by atoms with Crippen molar-refractivity contribution in [3.05, 3.63) is 58.3 Å². The van der Waals surface area contributed by atoms with Crippen LogP contribution in [0.4, 0.5) is 4.39 Å². The molecule has 4 heteroatoms. The number of nitrogens with one attached hydrogen (secondary N) is 1. The summed E-state index contributed by atoms with van der Waals surface area (Å²) in [5.41, 5.74) is 1.79. The van der Waals surface area contributed by atoms with E-state index in [2.05, 4.69) is 4.98 Å². The Morgan fingerprint density at radius 3 is 2.56 bits per heavy atom. The maximum atomic E-state index is 12.7. The molecule has 2 aromatic rings. The number of H-pyrrole nitrogens is 1. The average Bonchev–Trinajstić information content (AvgIpc) is 2.31. The van der Waals surface area contributed by atoms with E-state index in [4.69, 9.17) is 11.6 Å². The summed E-state index contributed by atoms with van der Waals surface area (Å²) in [5, 5.41) is 0. The van der Waals surface area contributed by atoms with Gasteiger partial charge in [0.15, 0.2) is 0 Å². The van der Waals surface area contributed by atoms with Gasteiger partial charge in [-0.25, -0.2) is 4.39 Å². The van der Waals surface area contributed by atoms with Crippen LogP contribution < -0.4 is 5.56 Å². The SMILES string of the molecule is O=c1[nH]cc(CCl)cc1-c1ccc(F)cc1. The van der Waals surface area contributed by atoms with E-state index in [0.29, 0.717) is 17.0 Å². The predicted molar refractivity (Wildman–Crippen MR) is 62.0 cm³/mol. The molecule has 1 N–H and O–H groups in total. The lowest BCUT2D eigenvalue weighted by molar-refractivity contribution is 0.628. The van der Waals surface area contributed by atoms with Gasteiger partial charge in [0.05, 0.1) is 0 Å². The quantitative estimate of drug-likeness (QED) is 0.801. The number of alkyl halides is 1. The number of rotatable bonds is 2. The Balaban J connectivity index is 2.54. The normalized spacial score (nSPS) is 10.4. The molecule has 0 fully saturated rings. The standard InChI is InChI=1S/C12H9ClFNO/c13-6-8-5-11(12(16)15-7-8)9-1-3-10(14)4-2-9/h1-5,7H,6H2,(H,15,16). The van der Waals surface area contributed by atoms with Gasteiger partial charge in [-0.1, -0.05) is 12.1 Å². The molecule has 2 rings (SSSR count). The van der Waals surface area contributed by atoms with Crippen molar-refractivity contribution in [3.8, 4) is 11.1 Å². The summed E-state index contributed by atoms with van der Waals surface area (Å²) in [6, 6.07) is 7.49. The fourth-order valence-electron chi connectivity index (χ4n) is 1.45. The van der Waals surface area contributed by atoms with Crippen LogP contribution in [0.25, 0.3) is 11.1 Å². The third-order valence-corrected chi connectivity index (χ3v) is 2.58. The summed E-state index contributed by atoms with van der Waals surface area (Å²) in [5.74, 6) is -0.000920. The molecule has 1 aromatic heterocycles. The molecule has 0 aliphatic rings. The number of benzene rings is 1. The van der Waals surface area contributed by atoms with E-state index in [9.17, 15) is 9.18 Å². The highest BCUT2D eigenvalue weighted by Gasteiger charge is 2.04. The lowest BCUT2D eigenvalue weighted by atomic mass is 10.1. The topological polar surface area (TPSA) is 32.9 Å². The van der Waals surface area contributed by atoms with E-state index in [0.717, 1.165) is 5.56 Å². The first kappa shape index (κ1) is 10.9. The molecule has 0 saturated heterocycles. The molecule has 0 atom stereocenters. The Bertz CT molecular complexity index is 548. The van der Waals surface area contributed by atoms with Crippen molar-refractivity contribution in [1.29, 1.82) is 0 Å². The number of halogens is 2. The van der Waals surface area contributed by atoms with Crippen molar-refractivity contribution in [2.45, 2.75) is 5.88 Å². The summed E-state index contributed by atoms with van der Waals surface area (Å²) in [4.78, 5) is 14.2. The Labute approximate surface area is 96.7 Å². The summed E-state index contributed by atoms with van der Waals surface area (Å²) in [6.45, 7) is 0. The van der Waals surface area contributed by atoms with E-state index in [1.54, 1.807) is 24.4 Å².